The zero-order chi connectivity index (χ0) is 15.8. The van der Waals surface area contributed by atoms with Crippen LogP contribution in [0.3, 0.4) is 0 Å². The van der Waals surface area contributed by atoms with Gasteiger partial charge in [0.05, 0.1) is 5.39 Å². The van der Waals surface area contributed by atoms with E-state index >= 15 is 0 Å². The molecule has 8 nitrogen and oxygen atoms in total. The van der Waals surface area contributed by atoms with Crippen molar-refractivity contribution in [1.29, 1.82) is 0 Å². The van der Waals surface area contributed by atoms with Gasteiger partial charge in [0.25, 0.3) is 0 Å². The highest BCUT2D eigenvalue weighted by Gasteiger charge is 2.12. The summed E-state index contributed by atoms with van der Waals surface area (Å²) >= 11 is 1.52. The number of amides is 1. The van der Waals surface area contributed by atoms with Crippen LogP contribution in [0.15, 0.2) is 42.0 Å². The van der Waals surface area contributed by atoms with Gasteiger partial charge in [-0.3, -0.25) is 4.79 Å². The van der Waals surface area contributed by atoms with Crippen molar-refractivity contribution in [3.63, 3.8) is 0 Å². The Balaban J connectivity index is 1.74. The Labute approximate surface area is 133 Å². The van der Waals surface area contributed by atoms with Crippen molar-refractivity contribution in [2.24, 2.45) is 5.73 Å². The molecule has 23 heavy (non-hydrogen) atoms. The number of carbonyl (C=O) groups excluding carboxylic acids is 1. The van der Waals surface area contributed by atoms with Crippen LogP contribution in [0.5, 0.6) is 0 Å². The molecular formula is C14H9N7OS. The Hall–Kier alpha value is -3.20. The number of nitrogens with two attached hydrogens (primary N) is 1. The third-order valence-corrected chi connectivity index (χ3v) is 4.09. The fourth-order valence-electron chi connectivity index (χ4n) is 2.14. The quantitative estimate of drug-likeness (QED) is 0.610. The maximum absolute atomic E-state index is 11.1. The van der Waals surface area contributed by atoms with Crippen molar-refractivity contribution < 1.29 is 4.79 Å². The van der Waals surface area contributed by atoms with Gasteiger partial charge in [-0.25, -0.2) is 9.97 Å². The molecule has 0 spiro atoms. The van der Waals surface area contributed by atoms with Crippen LogP contribution in [0.2, 0.25) is 0 Å². The van der Waals surface area contributed by atoms with Crippen LogP contribution in [0.4, 0.5) is 0 Å². The number of carbonyl (C=O) groups is 1. The number of benzene rings is 1. The average molecular weight is 323 g/mol. The molecule has 4 aromatic rings. The van der Waals surface area contributed by atoms with Crippen molar-refractivity contribution in [1.82, 2.24) is 30.2 Å². The Morgan fingerprint density at radius 2 is 1.96 bits per heavy atom. The molecule has 112 valence electrons. The number of fused-ring (bicyclic) bond motifs is 1. The van der Waals surface area contributed by atoms with Crippen LogP contribution in [-0.2, 0) is 0 Å². The number of nitrogens with zero attached hydrogens (tertiary/aromatic N) is 6. The Morgan fingerprint density at radius 3 is 2.74 bits per heavy atom. The first-order valence-electron chi connectivity index (χ1n) is 6.61. The summed E-state index contributed by atoms with van der Waals surface area (Å²) < 4.78 is 0. The summed E-state index contributed by atoms with van der Waals surface area (Å²) in [6.07, 6.45) is 1.47. The molecule has 1 amide bonds. The van der Waals surface area contributed by atoms with Crippen molar-refractivity contribution >= 4 is 27.5 Å². The lowest BCUT2D eigenvalue weighted by atomic mass is 10.1. The molecule has 3 aromatic heterocycles. The summed E-state index contributed by atoms with van der Waals surface area (Å²) in [5.41, 5.74) is 6.39. The van der Waals surface area contributed by atoms with Crippen LogP contribution in [0.25, 0.3) is 27.4 Å². The Morgan fingerprint density at radius 1 is 1.13 bits per heavy atom. The Kier molecular flexibility index (Phi) is 3.05. The van der Waals surface area contributed by atoms with Crippen molar-refractivity contribution in [3.05, 3.63) is 47.6 Å². The predicted molar refractivity (Wildman–Crippen MR) is 84.1 cm³/mol. The van der Waals surface area contributed by atoms with Gasteiger partial charge in [-0.05, 0) is 28.8 Å². The van der Waals surface area contributed by atoms with Gasteiger partial charge >= 0.3 is 0 Å². The highest BCUT2D eigenvalue weighted by molar-refractivity contribution is 7.16. The Bertz CT molecular complexity index is 1010. The van der Waals surface area contributed by atoms with Gasteiger partial charge in [-0.2, -0.15) is 0 Å². The van der Waals surface area contributed by atoms with Crippen LogP contribution in [0, 0.1) is 0 Å². The molecule has 4 rings (SSSR count). The average Bonchev–Trinajstić information content (AvgIpc) is 3.24. The molecule has 0 saturated carbocycles. The van der Waals surface area contributed by atoms with Gasteiger partial charge in [-0.1, -0.05) is 12.1 Å². The smallest absolute Gasteiger partial charge is 0.248 e. The fourth-order valence-corrected chi connectivity index (χ4v) is 2.87. The molecule has 0 radical (unpaired) electrons. The van der Waals surface area contributed by atoms with E-state index in [1.165, 1.54) is 22.5 Å². The summed E-state index contributed by atoms with van der Waals surface area (Å²) in [7, 11) is 0. The summed E-state index contributed by atoms with van der Waals surface area (Å²) in [5, 5.41) is 15.2. The predicted octanol–water partition coefficient (Wildman–Crippen LogP) is 1.43. The van der Waals surface area contributed by atoms with Gasteiger partial charge < -0.3 is 5.73 Å². The molecular weight excluding hydrogens is 314 g/mol. The van der Waals surface area contributed by atoms with Gasteiger partial charge in [0.15, 0.2) is 5.82 Å². The largest absolute Gasteiger partial charge is 0.366 e. The molecule has 9 heteroatoms. The van der Waals surface area contributed by atoms with E-state index in [9.17, 15) is 4.79 Å². The van der Waals surface area contributed by atoms with Crippen molar-refractivity contribution in [2.75, 3.05) is 0 Å². The van der Waals surface area contributed by atoms with Crippen LogP contribution >= 0.6 is 11.3 Å². The van der Waals surface area contributed by atoms with E-state index in [4.69, 9.17) is 5.73 Å². The number of thiophene rings is 1. The number of aromatic nitrogens is 6. The lowest BCUT2D eigenvalue weighted by Gasteiger charge is -1.98. The minimum atomic E-state index is -0.478. The van der Waals surface area contributed by atoms with E-state index in [0.717, 1.165) is 15.8 Å². The summed E-state index contributed by atoms with van der Waals surface area (Å²) in [6, 6.07) is 8.61. The second-order valence-corrected chi connectivity index (χ2v) is 5.58. The first kappa shape index (κ1) is 13.5. The van der Waals surface area contributed by atoms with E-state index in [2.05, 4.69) is 25.4 Å². The third-order valence-electron chi connectivity index (χ3n) is 3.27. The fraction of sp³-hybridized carbons (Fsp3) is 0. The first-order valence-corrected chi connectivity index (χ1v) is 7.49. The van der Waals surface area contributed by atoms with E-state index in [0.29, 0.717) is 17.2 Å². The monoisotopic (exact) mass is 323 g/mol. The number of hydrogen-bond acceptors (Lipinski definition) is 7. The van der Waals surface area contributed by atoms with E-state index in [1.807, 2.05) is 11.4 Å². The van der Waals surface area contributed by atoms with Crippen LogP contribution < -0.4 is 5.73 Å². The van der Waals surface area contributed by atoms with Crippen LogP contribution in [0.1, 0.15) is 10.4 Å². The van der Waals surface area contributed by atoms with E-state index in [-0.39, 0.29) is 0 Å². The molecule has 3 heterocycles. The normalized spacial score (nSPS) is 11.0. The second kappa shape index (κ2) is 5.21. The van der Waals surface area contributed by atoms with Gasteiger partial charge in [0, 0.05) is 11.1 Å². The van der Waals surface area contributed by atoms with Crippen molar-refractivity contribution in [3.8, 4) is 17.2 Å². The summed E-state index contributed by atoms with van der Waals surface area (Å²) in [5.74, 6) is 0.528. The zero-order valence-electron chi connectivity index (χ0n) is 11.6. The van der Waals surface area contributed by atoms with Gasteiger partial charge in [0.1, 0.15) is 11.2 Å². The standard InChI is InChI=1S/C14H9N7OS/c15-11(22)8-1-3-9(4-2-8)12-18-20-21(19-12)13-10-5-6-23-14(10)17-7-16-13/h1-7H,(H2,15,22). The number of rotatable bonds is 3. The van der Waals surface area contributed by atoms with Crippen LogP contribution in [-0.4, -0.2) is 36.1 Å². The summed E-state index contributed by atoms with van der Waals surface area (Å²) in [6.45, 7) is 0. The first-order chi connectivity index (χ1) is 11.2. The van der Waals surface area contributed by atoms with Gasteiger partial charge in [-0.15, -0.1) is 26.3 Å². The SMILES string of the molecule is NC(=O)c1ccc(-c2nnn(-c3ncnc4sccc34)n2)cc1. The minimum Gasteiger partial charge on any atom is -0.366 e. The molecule has 0 aliphatic heterocycles. The second-order valence-electron chi connectivity index (χ2n) is 4.68. The molecule has 0 aliphatic rings. The molecule has 0 unspecified atom stereocenters. The number of primary amides is 1. The molecule has 0 bridgehead atoms. The molecule has 0 fully saturated rings. The lowest BCUT2D eigenvalue weighted by molar-refractivity contribution is 0.100. The molecule has 0 atom stereocenters. The van der Waals surface area contributed by atoms with E-state index < -0.39 is 5.91 Å². The molecule has 1 aromatic carbocycles. The van der Waals surface area contributed by atoms with Gasteiger partial charge in [0.2, 0.25) is 11.7 Å². The maximum Gasteiger partial charge on any atom is 0.248 e. The van der Waals surface area contributed by atoms with Crippen molar-refractivity contribution in [2.45, 2.75) is 0 Å². The zero-order valence-corrected chi connectivity index (χ0v) is 12.4. The third kappa shape index (κ3) is 2.32. The minimum absolute atomic E-state index is 0.428. The maximum atomic E-state index is 11.1. The highest BCUT2D eigenvalue weighted by Crippen LogP contribution is 2.22. The summed E-state index contributed by atoms with van der Waals surface area (Å²) in [4.78, 5) is 21.7. The molecule has 0 aliphatic carbocycles. The highest BCUT2D eigenvalue weighted by atomic mass is 32.1. The molecule has 2 N–H and O–H groups in total. The lowest BCUT2D eigenvalue weighted by Crippen LogP contribution is -2.10. The molecule has 0 saturated heterocycles. The topological polar surface area (TPSA) is 112 Å². The number of tetrazole rings is 1. The number of hydrogen-bond donors (Lipinski definition) is 1. The van der Waals surface area contributed by atoms with E-state index in [1.54, 1.807) is 24.3 Å².